The van der Waals surface area contributed by atoms with Crippen molar-refractivity contribution < 1.29 is 33.5 Å². The Morgan fingerprint density at radius 2 is 2.27 bits per heavy atom. The summed E-state index contributed by atoms with van der Waals surface area (Å²) in [6.07, 6.45) is -2.92. The van der Waals surface area contributed by atoms with E-state index in [0.717, 1.165) is 0 Å². The monoisotopic (exact) mass is 388 g/mol. The first-order valence-electron chi connectivity index (χ1n) is 7.73. The fourth-order valence-electron chi connectivity index (χ4n) is 3.01. The van der Waals surface area contributed by atoms with Crippen LogP contribution in [-0.2, 0) is 18.3 Å². The van der Waals surface area contributed by atoms with E-state index in [1.54, 1.807) is 0 Å². The molecule has 4 heterocycles. The zero-order chi connectivity index (χ0) is 18.5. The van der Waals surface area contributed by atoms with E-state index >= 15 is 0 Å². The number of imidazole rings is 1. The number of hydrogen-bond donors (Lipinski definition) is 5. The third kappa shape index (κ3) is 2.83. The van der Waals surface area contributed by atoms with E-state index in [2.05, 4.69) is 20.3 Å². The van der Waals surface area contributed by atoms with Crippen LogP contribution in [0.15, 0.2) is 6.33 Å². The summed E-state index contributed by atoms with van der Waals surface area (Å²) in [6.45, 7) is -0.193. The Labute approximate surface area is 146 Å². The SMILES string of the molecule is Nc1ncnc2c1nc(NCCO)n2C1OC2COP(=O)(O)OC2C1O. The molecular formula is C12H17N6O7P. The van der Waals surface area contributed by atoms with Gasteiger partial charge in [0, 0.05) is 6.54 Å². The van der Waals surface area contributed by atoms with Crippen LogP contribution in [0, 0.1) is 0 Å². The standard InChI is InChI=1S/C12H17N6O7P/c13-9-6-10(16-4-15-9)18(12(17-6)14-1-2-19)11-7(20)8-5(24-11)3-23-26(21,22)25-8/h4-5,7-8,11,19-20H,1-3H2,(H,14,17)(H,21,22)(H2,13,15,16). The van der Waals surface area contributed by atoms with Crippen LogP contribution in [-0.4, -0.2) is 72.7 Å². The van der Waals surface area contributed by atoms with Gasteiger partial charge >= 0.3 is 7.82 Å². The lowest BCUT2D eigenvalue weighted by molar-refractivity contribution is -0.0659. The average Bonchev–Trinajstić information content (AvgIpc) is 3.11. The lowest BCUT2D eigenvalue weighted by atomic mass is 10.1. The van der Waals surface area contributed by atoms with E-state index in [0.29, 0.717) is 0 Å². The van der Waals surface area contributed by atoms with Gasteiger partial charge in [-0.05, 0) is 0 Å². The number of nitrogens with one attached hydrogen (secondary N) is 1. The molecule has 2 fully saturated rings. The number of phosphoric acid groups is 1. The molecule has 2 saturated heterocycles. The fraction of sp³-hybridized carbons (Fsp3) is 0.583. The number of hydrogen-bond acceptors (Lipinski definition) is 11. The summed E-state index contributed by atoms with van der Waals surface area (Å²) >= 11 is 0. The minimum absolute atomic E-state index is 0.130. The van der Waals surface area contributed by atoms with Crippen molar-refractivity contribution in [3.05, 3.63) is 6.33 Å². The lowest BCUT2D eigenvalue weighted by Gasteiger charge is -2.27. The fourth-order valence-corrected chi connectivity index (χ4v) is 3.97. The molecular weight excluding hydrogens is 371 g/mol. The molecule has 2 aliphatic rings. The highest BCUT2D eigenvalue weighted by Gasteiger charge is 2.53. The minimum Gasteiger partial charge on any atom is -0.395 e. The van der Waals surface area contributed by atoms with E-state index in [1.807, 2.05) is 0 Å². The average molecular weight is 388 g/mol. The first-order valence-corrected chi connectivity index (χ1v) is 9.23. The molecule has 0 spiro atoms. The van der Waals surface area contributed by atoms with Crippen molar-refractivity contribution in [1.82, 2.24) is 19.5 Å². The maximum absolute atomic E-state index is 11.6. The van der Waals surface area contributed by atoms with Gasteiger partial charge in [0.1, 0.15) is 24.6 Å². The normalized spacial score (nSPS) is 34.1. The highest BCUT2D eigenvalue weighted by Crippen LogP contribution is 2.52. The highest BCUT2D eigenvalue weighted by molar-refractivity contribution is 7.47. The lowest BCUT2D eigenvalue weighted by Crippen LogP contribution is -2.39. The van der Waals surface area contributed by atoms with Gasteiger partial charge in [0.05, 0.1) is 13.2 Å². The molecule has 26 heavy (non-hydrogen) atoms. The maximum Gasteiger partial charge on any atom is 0.472 e. The second-order valence-corrected chi connectivity index (χ2v) is 7.18. The molecule has 0 radical (unpaired) electrons. The van der Waals surface area contributed by atoms with Crippen molar-refractivity contribution in [1.29, 1.82) is 0 Å². The quantitative estimate of drug-likeness (QED) is 0.386. The number of nitrogens with two attached hydrogens (primary N) is 1. The number of fused-ring (bicyclic) bond motifs is 2. The van der Waals surface area contributed by atoms with Crippen molar-refractivity contribution in [3.63, 3.8) is 0 Å². The molecule has 2 aliphatic heterocycles. The van der Waals surface area contributed by atoms with Gasteiger partial charge in [-0.2, -0.15) is 0 Å². The number of ether oxygens (including phenoxy) is 1. The number of aliphatic hydroxyl groups excluding tert-OH is 2. The van der Waals surface area contributed by atoms with Crippen LogP contribution in [0.2, 0.25) is 0 Å². The maximum atomic E-state index is 11.6. The second kappa shape index (κ2) is 6.39. The summed E-state index contributed by atoms with van der Waals surface area (Å²) in [5.41, 5.74) is 6.40. The molecule has 2 aromatic heterocycles. The summed E-state index contributed by atoms with van der Waals surface area (Å²) in [7, 11) is -4.24. The summed E-state index contributed by atoms with van der Waals surface area (Å²) < 4.78 is 28.5. The molecule has 142 valence electrons. The van der Waals surface area contributed by atoms with Crippen LogP contribution >= 0.6 is 7.82 Å². The molecule has 14 heteroatoms. The van der Waals surface area contributed by atoms with Gasteiger partial charge in [0.15, 0.2) is 23.2 Å². The Morgan fingerprint density at radius 3 is 3.04 bits per heavy atom. The summed E-state index contributed by atoms with van der Waals surface area (Å²) in [5.74, 6) is 0.363. The van der Waals surface area contributed by atoms with Crippen molar-refractivity contribution >= 4 is 30.8 Å². The van der Waals surface area contributed by atoms with Gasteiger partial charge in [-0.3, -0.25) is 13.6 Å². The third-order valence-corrected chi connectivity index (χ3v) is 5.11. The molecule has 2 aromatic rings. The van der Waals surface area contributed by atoms with Gasteiger partial charge in [-0.25, -0.2) is 19.5 Å². The number of phosphoric ester groups is 1. The zero-order valence-corrected chi connectivity index (χ0v) is 14.2. The van der Waals surface area contributed by atoms with Crippen LogP contribution in [0.4, 0.5) is 11.8 Å². The van der Waals surface area contributed by atoms with Crippen molar-refractivity contribution in [2.75, 3.05) is 30.8 Å². The highest BCUT2D eigenvalue weighted by atomic mass is 31.2. The van der Waals surface area contributed by atoms with E-state index in [1.165, 1.54) is 10.9 Å². The third-order valence-electron chi connectivity index (χ3n) is 4.12. The van der Waals surface area contributed by atoms with E-state index in [-0.39, 0.29) is 42.7 Å². The molecule has 5 unspecified atom stereocenters. The summed E-state index contributed by atoms with van der Waals surface area (Å²) in [5, 5.41) is 22.6. The first-order chi connectivity index (χ1) is 12.4. The van der Waals surface area contributed by atoms with Crippen LogP contribution in [0.5, 0.6) is 0 Å². The van der Waals surface area contributed by atoms with Crippen molar-refractivity contribution in [3.8, 4) is 0 Å². The zero-order valence-electron chi connectivity index (χ0n) is 13.3. The minimum atomic E-state index is -4.24. The van der Waals surface area contributed by atoms with E-state index in [4.69, 9.17) is 24.6 Å². The van der Waals surface area contributed by atoms with Crippen LogP contribution in [0.3, 0.4) is 0 Å². The Hall–Kier alpha value is -1.86. The van der Waals surface area contributed by atoms with E-state index < -0.39 is 32.4 Å². The Bertz CT molecular complexity index is 877. The van der Waals surface area contributed by atoms with Gasteiger partial charge in [-0.15, -0.1) is 0 Å². The van der Waals surface area contributed by atoms with Crippen LogP contribution < -0.4 is 11.1 Å². The Morgan fingerprint density at radius 1 is 1.46 bits per heavy atom. The van der Waals surface area contributed by atoms with Crippen LogP contribution in [0.1, 0.15) is 6.23 Å². The van der Waals surface area contributed by atoms with Crippen molar-refractivity contribution in [2.45, 2.75) is 24.5 Å². The molecule has 5 atom stereocenters. The van der Waals surface area contributed by atoms with Crippen molar-refractivity contribution in [2.24, 2.45) is 0 Å². The Balaban J connectivity index is 1.76. The summed E-state index contributed by atoms with van der Waals surface area (Å²) in [4.78, 5) is 21.8. The number of rotatable bonds is 4. The largest absolute Gasteiger partial charge is 0.472 e. The molecule has 6 N–H and O–H groups in total. The number of aromatic nitrogens is 4. The van der Waals surface area contributed by atoms with Crippen LogP contribution in [0.25, 0.3) is 11.2 Å². The molecule has 0 saturated carbocycles. The molecule has 0 aromatic carbocycles. The second-order valence-electron chi connectivity index (χ2n) is 5.78. The topological polar surface area (TPSA) is 187 Å². The Kier molecular flexibility index (Phi) is 4.31. The number of aliphatic hydroxyl groups is 2. The smallest absolute Gasteiger partial charge is 0.395 e. The van der Waals surface area contributed by atoms with Gasteiger partial charge in [-0.1, -0.05) is 0 Å². The number of nitrogen functional groups attached to an aromatic ring is 1. The summed E-state index contributed by atoms with van der Waals surface area (Å²) in [6, 6.07) is 0. The molecule has 0 amide bonds. The van der Waals surface area contributed by atoms with Gasteiger partial charge in [0.25, 0.3) is 0 Å². The molecule has 13 nitrogen and oxygen atoms in total. The number of anilines is 2. The molecule has 4 rings (SSSR count). The number of nitrogens with zero attached hydrogens (tertiary/aromatic N) is 4. The van der Waals surface area contributed by atoms with E-state index in [9.17, 15) is 14.6 Å². The molecule has 0 bridgehead atoms. The molecule has 0 aliphatic carbocycles. The first kappa shape index (κ1) is 17.5. The predicted octanol–water partition coefficient (Wildman–Crippen LogP) is -1.41. The van der Waals surface area contributed by atoms with Gasteiger partial charge in [0.2, 0.25) is 5.95 Å². The van der Waals surface area contributed by atoms with Gasteiger partial charge < -0.3 is 30.9 Å². The predicted molar refractivity (Wildman–Crippen MR) is 85.9 cm³/mol.